The largest absolute Gasteiger partial charge is 0.397 e. The van der Waals surface area contributed by atoms with Crippen molar-refractivity contribution in [1.82, 2.24) is 14.8 Å². The molecule has 16 heavy (non-hydrogen) atoms. The van der Waals surface area contributed by atoms with E-state index in [0.717, 1.165) is 3.57 Å². The maximum Gasteiger partial charge on any atom is 0.250 e. The molecule has 6 nitrogen and oxygen atoms in total. The molecule has 0 aliphatic carbocycles. The number of pyridine rings is 1. The first-order valence-corrected chi connectivity index (χ1v) is 5.41. The van der Waals surface area contributed by atoms with Crippen molar-refractivity contribution < 1.29 is 4.79 Å². The molecular weight excluding hydrogens is 321 g/mol. The van der Waals surface area contributed by atoms with Gasteiger partial charge in [0.1, 0.15) is 0 Å². The molecule has 0 unspecified atom stereocenters. The summed E-state index contributed by atoms with van der Waals surface area (Å²) in [4.78, 5) is 15.2. The monoisotopic (exact) mass is 329 g/mol. The summed E-state index contributed by atoms with van der Waals surface area (Å²) in [6, 6.07) is 1.51. The highest BCUT2D eigenvalue weighted by atomic mass is 127. The van der Waals surface area contributed by atoms with Crippen molar-refractivity contribution in [3.63, 3.8) is 0 Å². The number of rotatable bonds is 2. The van der Waals surface area contributed by atoms with Crippen LogP contribution in [0.4, 0.5) is 5.69 Å². The molecule has 0 saturated heterocycles. The zero-order valence-corrected chi connectivity index (χ0v) is 10.2. The second-order valence-corrected chi connectivity index (χ2v) is 4.34. The average Bonchev–Trinajstić information content (AvgIpc) is 2.65. The van der Waals surface area contributed by atoms with E-state index in [1.54, 1.807) is 17.1 Å². The summed E-state index contributed by atoms with van der Waals surface area (Å²) in [7, 11) is 0. The molecule has 7 heteroatoms. The van der Waals surface area contributed by atoms with Crippen molar-refractivity contribution in [2.24, 2.45) is 5.73 Å². The van der Waals surface area contributed by atoms with Gasteiger partial charge in [0.25, 0.3) is 5.91 Å². The van der Waals surface area contributed by atoms with E-state index >= 15 is 0 Å². The summed E-state index contributed by atoms with van der Waals surface area (Å²) < 4.78 is 2.52. The van der Waals surface area contributed by atoms with E-state index in [9.17, 15) is 4.79 Å². The Morgan fingerprint density at radius 1 is 1.44 bits per heavy atom. The number of primary amides is 1. The highest BCUT2D eigenvalue weighted by molar-refractivity contribution is 14.1. The van der Waals surface area contributed by atoms with Gasteiger partial charge in [-0.1, -0.05) is 0 Å². The molecule has 2 aromatic heterocycles. The zero-order valence-electron chi connectivity index (χ0n) is 8.09. The van der Waals surface area contributed by atoms with E-state index < -0.39 is 5.91 Å². The van der Waals surface area contributed by atoms with E-state index in [1.165, 1.54) is 12.3 Å². The highest BCUT2D eigenvalue weighted by Crippen LogP contribution is 2.14. The van der Waals surface area contributed by atoms with Crippen LogP contribution in [-0.2, 0) is 0 Å². The molecule has 0 aromatic carbocycles. The summed E-state index contributed by atoms with van der Waals surface area (Å²) in [6.07, 6.45) is 4.86. The Bertz CT molecular complexity index is 551. The van der Waals surface area contributed by atoms with Crippen LogP contribution in [0.25, 0.3) is 5.82 Å². The number of carbonyl (C=O) groups is 1. The summed E-state index contributed by atoms with van der Waals surface area (Å²) >= 11 is 2.13. The van der Waals surface area contributed by atoms with Gasteiger partial charge in [-0.3, -0.25) is 4.79 Å². The lowest BCUT2D eigenvalue weighted by atomic mass is 10.2. The van der Waals surface area contributed by atoms with Crippen LogP contribution in [0.2, 0.25) is 0 Å². The first-order chi connectivity index (χ1) is 7.58. The van der Waals surface area contributed by atoms with E-state index in [1.807, 2.05) is 0 Å². The van der Waals surface area contributed by atoms with Gasteiger partial charge in [-0.05, 0) is 28.7 Å². The van der Waals surface area contributed by atoms with Gasteiger partial charge in [0.15, 0.2) is 5.82 Å². The SMILES string of the molecule is NC(=O)c1cc(-n2cc(I)cn2)ncc1N. The van der Waals surface area contributed by atoms with E-state index in [0.29, 0.717) is 5.82 Å². The summed E-state index contributed by atoms with van der Waals surface area (Å²) in [5.41, 5.74) is 11.3. The van der Waals surface area contributed by atoms with Gasteiger partial charge in [0.05, 0.1) is 27.2 Å². The van der Waals surface area contributed by atoms with Crippen molar-refractivity contribution >= 4 is 34.2 Å². The molecule has 1 amide bonds. The maximum atomic E-state index is 11.1. The fourth-order valence-electron chi connectivity index (χ4n) is 1.22. The quantitative estimate of drug-likeness (QED) is 0.786. The lowest BCUT2D eigenvalue weighted by molar-refractivity contribution is 0.100. The number of nitrogens with two attached hydrogens (primary N) is 2. The Hall–Kier alpha value is -1.64. The van der Waals surface area contributed by atoms with Crippen molar-refractivity contribution in [2.45, 2.75) is 0 Å². The number of halogens is 1. The number of nitrogen functional groups attached to an aromatic ring is 1. The van der Waals surface area contributed by atoms with Crippen LogP contribution in [-0.4, -0.2) is 20.7 Å². The number of aromatic nitrogens is 3. The molecule has 0 aliphatic heterocycles. The second kappa shape index (κ2) is 4.08. The number of amides is 1. The van der Waals surface area contributed by atoms with Crippen molar-refractivity contribution in [3.05, 3.63) is 33.8 Å². The molecular formula is C9H8IN5O. The third-order valence-electron chi connectivity index (χ3n) is 1.97. The second-order valence-electron chi connectivity index (χ2n) is 3.10. The molecule has 2 aromatic rings. The smallest absolute Gasteiger partial charge is 0.250 e. The highest BCUT2D eigenvalue weighted by Gasteiger charge is 2.09. The van der Waals surface area contributed by atoms with Gasteiger partial charge < -0.3 is 11.5 Å². The Morgan fingerprint density at radius 2 is 2.19 bits per heavy atom. The van der Waals surface area contributed by atoms with Gasteiger partial charge in [0.2, 0.25) is 0 Å². The molecule has 0 atom stereocenters. The number of anilines is 1. The molecule has 4 N–H and O–H groups in total. The minimum Gasteiger partial charge on any atom is -0.397 e. The molecule has 2 rings (SSSR count). The summed E-state index contributed by atoms with van der Waals surface area (Å²) in [5.74, 6) is -0.0751. The van der Waals surface area contributed by atoms with Gasteiger partial charge in [0, 0.05) is 6.20 Å². The standard InChI is InChI=1S/C9H8IN5O/c10-5-2-14-15(4-5)8-1-6(9(12)16)7(11)3-13-8/h1-4H,11H2,(H2,12,16). The minimum absolute atomic E-state index is 0.246. The first kappa shape index (κ1) is 10.9. The molecule has 0 saturated carbocycles. The molecule has 0 spiro atoms. The van der Waals surface area contributed by atoms with Crippen LogP contribution < -0.4 is 11.5 Å². The van der Waals surface area contributed by atoms with Gasteiger partial charge in [-0.25, -0.2) is 9.67 Å². The lowest BCUT2D eigenvalue weighted by Gasteiger charge is -2.04. The topological polar surface area (TPSA) is 99.8 Å². The number of carbonyl (C=O) groups excluding carboxylic acids is 1. The Kier molecular flexibility index (Phi) is 2.77. The maximum absolute atomic E-state index is 11.1. The van der Waals surface area contributed by atoms with E-state index in [-0.39, 0.29) is 11.3 Å². The van der Waals surface area contributed by atoms with Crippen LogP contribution in [0, 0.1) is 3.57 Å². The van der Waals surface area contributed by atoms with Gasteiger partial charge >= 0.3 is 0 Å². The number of nitrogens with zero attached hydrogens (tertiary/aromatic N) is 3. The van der Waals surface area contributed by atoms with E-state index in [2.05, 4.69) is 32.7 Å². The fourth-order valence-corrected chi connectivity index (χ4v) is 1.61. The van der Waals surface area contributed by atoms with Crippen molar-refractivity contribution in [3.8, 4) is 5.82 Å². The Morgan fingerprint density at radius 3 is 2.75 bits per heavy atom. The van der Waals surface area contributed by atoms with Gasteiger partial charge in [-0.2, -0.15) is 5.10 Å². The lowest BCUT2D eigenvalue weighted by Crippen LogP contribution is -2.15. The van der Waals surface area contributed by atoms with E-state index in [4.69, 9.17) is 11.5 Å². The van der Waals surface area contributed by atoms with Crippen LogP contribution in [0.5, 0.6) is 0 Å². The summed E-state index contributed by atoms with van der Waals surface area (Å²) in [5, 5.41) is 4.07. The first-order valence-electron chi connectivity index (χ1n) is 4.34. The Labute approximate surface area is 105 Å². The van der Waals surface area contributed by atoms with Crippen LogP contribution in [0.3, 0.4) is 0 Å². The third-order valence-corrected chi connectivity index (χ3v) is 2.53. The predicted molar refractivity (Wildman–Crippen MR) is 67.0 cm³/mol. The molecule has 0 fully saturated rings. The number of hydrogen-bond donors (Lipinski definition) is 2. The predicted octanol–water partition coefficient (Wildman–Crippen LogP) is 0.553. The zero-order chi connectivity index (χ0) is 11.7. The van der Waals surface area contributed by atoms with Crippen LogP contribution >= 0.6 is 22.6 Å². The van der Waals surface area contributed by atoms with Crippen molar-refractivity contribution in [1.29, 1.82) is 0 Å². The van der Waals surface area contributed by atoms with Crippen LogP contribution in [0.15, 0.2) is 24.7 Å². The van der Waals surface area contributed by atoms with Crippen molar-refractivity contribution in [2.75, 3.05) is 5.73 Å². The fraction of sp³-hybridized carbons (Fsp3) is 0. The third kappa shape index (κ3) is 1.98. The normalized spacial score (nSPS) is 10.3. The minimum atomic E-state index is -0.581. The molecule has 0 aliphatic rings. The number of hydrogen-bond acceptors (Lipinski definition) is 4. The van der Waals surface area contributed by atoms with Gasteiger partial charge in [-0.15, -0.1) is 0 Å². The molecule has 2 heterocycles. The Balaban J connectivity index is 2.51. The average molecular weight is 329 g/mol. The molecule has 82 valence electrons. The van der Waals surface area contributed by atoms with Crippen LogP contribution in [0.1, 0.15) is 10.4 Å². The molecule has 0 radical (unpaired) electrons. The molecule has 0 bridgehead atoms. The summed E-state index contributed by atoms with van der Waals surface area (Å²) in [6.45, 7) is 0.